The molecule has 0 bridgehead atoms. The Hall–Kier alpha value is -3.82. The van der Waals surface area contributed by atoms with Gasteiger partial charge < -0.3 is 30.0 Å². The maximum Gasteiger partial charge on any atom is 0.407 e. The molecule has 0 radical (unpaired) electrons. The highest BCUT2D eigenvalue weighted by Crippen LogP contribution is 2.47. The molecule has 8 nitrogen and oxygen atoms in total. The molecule has 0 spiro atoms. The number of carboxylic acid groups (broad SMARTS) is 1. The Bertz CT molecular complexity index is 1470. The Labute approximate surface area is 237 Å². The fraction of sp³-hybridized carbons (Fsp3) is 0.355. The third-order valence-electron chi connectivity index (χ3n) is 7.47. The number of rotatable bonds is 10. The van der Waals surface area contributed by atoms with E-state index in [2.05, 4.69) is 10.3 Å². The molecule has 5 rings (SSSR count). The number of aromatic nitrogens is 1. The summed E-state index contributed by atoms with van der Waals surface area (Å²) in [5.41, 5.74) is 5.45. The molecule has 1 amide bonds. The van der Waals surface area contributed by atoms with Crippen molar-refractivity contribution in [2.24, 2.45) is 0 Å². The zero-order valence-corrected chi connectivity index (χ0v) is 23.3. The monoisotopic (exact) mass is 562 g/mol. The van der Waals surface area contributed by atoms with Gasteiger partial charge in [0.15, 0.2) is 0 Å². The predicted octanol–water partition coefficient (Wildman–Crippen LogP) is 6.62. The Kier molecular flexibility index (Phi) is 8.72. The number of amides is 1. The van der Waals surface area contributed by atoms with Crippen LogP contribution in [0, 0.1) is 6.92 Å². The quantitative estimate of drug-likeness (QED) is 0.172. The van der Waals surface area contributed by atoms with Crippen LogP contribution in [0.5, 0.6) is 5.75 Å². The first-order valence-electron chi connectivity index (χ1n) is 13.6. The third-order valence-corrected chi connectivity index (χ3v) is 8.78. The lowest BCUT2D eigenvalue weighted by molar-refractivity contribution is 0.0701. The number of aromatic amines is 1. The van der Waals surface area contributed by atoms with Crippen molar-refractivity contribution >= 4 is 33.6 Å². The highest BCUT2D eigenvalue weighted by molar-refractivity contribution is 7.21. The van der Waals surface area contributed by atoms with E-state index in [0.29, 0.717) is 16.5 Å². The van der Waals surface area contributed by atoms with Gasteiger partial charge in [-0.15, -0.1) is 11.3 Å². The van der Waals surface area contributed by atoms with E-state index in [1.54, 1.807) is 0 Å². The molecule has 1 aliphatic carbocycles. The SMILES string of the molecule is Cc1c(C(=O)O)sc2c(C3CCCCC3)c(-c3ccccc3OC[C@@H](CO)NC(=O)OCc3ccccc3)[nH]c12. The number of aliphatic hydroxyl groups excluding tert-OH is 1. The minimum atomic E-state index is -0.906. The zero-order chi connectivity index (χ0) is 28.1. The number of ether oxygens (including phenoxy) is 2. The molecule has 1 saturated carbocycles. The maximum atomic E-state index is 12.3. The molecule has 0 saturated heterocycles. The van der Waals surface area contributed by atoms with E-state index in [1.165, 1.54) is 17.8 Å². The molecule has 2 aromatic heterocycles. The van der Waals surface area contributed by atoms with Crippen molar-refractivity contribution in [3.8, 4) is 17.0 Å². The lowest BCUT2D eigenvalue weighted by atomic mass is 9.83. The van der Waals surface area contributed by atoms with Gasteiger partial charge in [0.2, 0.25) is 0 Å². The van der Waals surface area contributed by atoms with Crippen LogP contribution in [0.25, 0.3) is 21.5 Å². The van der Waals surface area contributed by atoms with Crippen molar-refractivity contribution in [1.82, 2.24) is 10.3 Å². The Morgan fingerprint density at radius 3 is 2.52 bits per heavy atom. The van der Waals surface area contributed by atoms with Gasteiger partial charge in [0.25, 0.3) is 0 Å². The lowest BCUT2D eigenvalue weighted by Gasteiger charge is -2.23. The summed E-state index contributed by atoms with van der Waals surface area (Å²) in [4.78, 5) is 28.1. The first kappa shape index (κ1) is 27.7. The van der Waals surface area contributed by atoms with Gasteiger partial charge in [-0.1, -0.05) is 61.7 Å². The number of aromatic carboxylic acids is 1. The molecule has 4 N–H and O–H groups in total. The second-order valence-corrected chi connectivity index (χ2v) is 11.2. The van der Waals surface area contributed by atoms with Gasteiger partial charge in [-0.3, -0.25) is 0 Å². The number of carbonyl (C=O) groups is 2. The van der Waals surface area contributed by atoms with Gasteiger partial charge in [-0.25, -0.2) is 9.59 Å². The van der Waals surface area contributed by atoms with Crippen molar-refractivity contribution in [2.45, 2.75) is 57.6 Å². The van der Waals surface area contributed by atoms with Crippen LogP contribution < -0.4 is 10.1 Å². The van der Waals surface area contributed by atoms with Crippen LogP contribution >= 0.6 is 11.3 Å². The number of hydrogen-bond acceptors (Lipinski definition) is 6. The van der Waals surface area contributed by atoms with Gasteiger partial charge in [0.1, 0.15) is 23.8 Å². The standard InChI is InChI=1S/C31H34N2O6S/c1-19-26-29(40-28(19)30(35)36)25(21-12-6-3-7-13-21)27(33-26)23-14-8-9-15-24(23)38-18-22(16-34)32-31(37)39-17-20-10-4-2-5-11-20/h2,4-5,8-11,14-15,21-22,33-34H,3,6-7,12-13,16-18H2,1H3,(H,32,37)(H,35,36)/t22-/m1/s1. The molecule has 1 atom stereocenters. The summed E-state index contributed by atoms with van der Waals surface area (Å²) >= 11 is 1.34. The van der Waals surface area contributed by atoms with E-state index in [-0.39, 0.29) is 19.8 Å². The predicted molar refractivity (Wildman–Crippen MR) is 155 cm³/mol. The van der Waals surface area contributed by atoms with Crippen molar-refractivity contribution in [1.29, 1.82) is 0 Å². The first-order chi connectivity index (χ1) is 19.5. The number of fused-ring (bicyclic) bond motifs is 1. The number of carboxylic acids is 1. The number of aryl methyl sites for hydroxylation is 1. The summed E-state index contributed by atoms with van der Waals surface area (Å²) in [6, 6.07) is 16.4. The van der Waals surface area contributed by atoms with E-state index < -0.39 is 18.1 Å². The zero-order valence-electron chi connectivity index (χ0n) is 22.4. The lowest BCUT2D eigenvalue weighted by Crippen LogP contribution is -2.42. The normalized spacial score (nSPS) is 14.7. The molecule has 9 heteroatoms. The Balaban J connectivity index is 1.37. The summed E-state index contributed by atoms with van der Waals surface area (Å²) < 4.78 is 12.5. The molecule has 1 aliphatic rings. The summed E-state index contributed by atoms with van der Waals surface area (Å²) in [5.74, 6) is 0.0378. The average Bonchev–Trinajstić information content (AvgIpc) is 3.51. The van der Waals surface area contributed by atoms with Crippen LogP contribution in [-0.4, -0.2) is 46.5 Å². The van der Waals surface area contributed by atoms with Crippen LogP contribution in [-0.2, 0) is 11.3 Å². The minimum absolute atomic E-state index is 0.0456. The molecular weight excluding hydrogens is 528 g/mol. The van der Waals surface area contributed by atoms with Crippen LogP contribution in [0.4, 0.5) is 4.79 Å². The molecule has 0 unspecified atom stereocenters. The Morgan fingerprint density at radius 2 is 1.80 bits per heavy atom. The van der Waals surface area contributed by atoms with Crippen LogP contribution in [0.1, 0.15) is 64.4 Å². The summed E-state index contributed by atoms with van der Waals surface area (Å²) in [7, 11) is 0. The fourth-order valence-electron chi connectivity index (χ4n) is 5.42. The van der Waals surface area contributed by atoms with E-state index in [0.717, 1.165) is 63.8 Å². The first-order valence-corrected chi connectivity index (χ1v) is 14.5. The smallest absolute Gasteiger partial charge is 0.407 e. The number of aliphatic hydroxyl groups is 1. The summed E-state index contributed by atoms with van der Waals surface area (Å²) in [6.07, 6.45) is 5.00. The number of hydrogen-bond donors (Lipinski definition) is 4. The van der Waals surface area contributed by atoms with E-state index in [1.807, 2.05) is 61.5 Å². The molecule has 40 heavy (non-hydrogen) atoms. The molecule has 1 fully saturated rings. The average molecular weight is 563 g/mol. The fourth-order valence-corrected chi connectivity index (χ4v) is 6.65. The maximum absolute atomic E-state index is 12.3. The van der Waals surface area contributed by atoms with Crippen molar-refractivity contribution in [2.75, 3.05) is 13.2 Å². The number of carbonyl (C=O) groups excluding carboxylic acids is 1. The molecule has 2 heterocycles. The Morgan fingerprint density at radius 1 is 1.07 bits per heavy atom. The van der Waals surface area contributed by atoms with E-state index in [9.17, 15) is 19.8 Å². The van der Waals surface area contributed by atoms with Crippen LogP contribution in [0.15, 0.2) is 54.6 Å². The molecule has 0 aliphatic heterocycles. The van der Waals surface area contributed by atoms with Gasteiger partial charge in [0.05, 0.1) is 28.6 Å². The second-order valence-electron chi connectivity index (χ2n) is 10.2. The number of benzene rings is 2. The highest BCUT2D eigenvalue weighted by Gasteiger charge is 2.29. The summed E-state index contributed by atoms with van der Waals surface area (Å²) in [6.45, 7) is 1.71. The van der Waals surface area contributed by atoms with Gasteiger partial charge in [0, 0.05) is 5.56 Å². The van der Waals surface area contributed by atoms with Gasteiger partial charge in [-0.2, -0.15) is 0 Å². The molecule has 210 valence electrons. The third kappa shape index (κ3) is 6.00. The molecule has 2 aromatic carbocycles. The minimum Gasteiger partial charge on any atom is -0.491 e. The largest absolute Gasteiger partial charge is 0.491 e. The number of para-hydroxylation sites is 1. The van der Waals surface area contributed by atoms with Crippen molar-refractivity contribution in [3.05, 3.63) is 76.2 Å². The van der Waals surface area contributed by atoms with Gasteiger partial charge in [-0.05, 0) is 54.5 Å². The topological polar surface area (TPSA) is 121 Å². The van der Waals surface area contributed by atoms with Crippen molar-refractivity contribution in [3.63, 3.8) is 0 Å². The molecular formula is C31H34N2O6S. The van der Waals surface area contributed by atoms with E-state index in [4.69, 9.17) is 9.47 Å². The molecule has 4 aromatic rings. The van der Waals surface area contributed by atoms with Crippen molar-refractivity contribution < 1.29 is 29.3 Å². The highest BCUT2D eigenvalue weighted by atomic mass is 32.1. The van der Waals surface area contributed by atoms with Crippen LogP contribution in [0.2, 0.25) is 0 Å². The van der Waals surface area contributed by atoms with Crippen LogP contribution in [0.3, 0.4) is 0 Å². The van der Waals surface area contributed by atoms with Gasteiger partial charge >= 0.3 is 12.1 Å². The van der Waals surface area contributed by atoms with E-state index >= 15 is 0 Å². The number of alkyl carbamates (subject to hydrolysis) is 1. The number of nitrogens with one attached hydrogen (secondary N) is 2. The number of thiophene rings is 1. The second kappa shape index (κ2) is 12.6. The summed E-state index contributed by atoms with van der Waals surface area (Å²) in [5, 5.41) is 22.3. The number of H-pyrrole nitrogens is 1.